The second-order valence-electron chi connectivity index (χ2n) is 7.36. The SMILES string of the molecule is CCc1nc2cc(NC(=O)C3CC(=O)N(Cc4cccnc4)C3)ccc2n1CC. The highest BCUT2D eigenvalue weighted by molar-refractivity contribution is 5.98. The molecular formula is C22H25N5O2. The maximum absolute atomic E-state index is 12.8. The van der Waals surface area contributed by atoms with Crippen LogP contribution in [0.3, 0.4) is 0 Å². The third-order valence-corrected chi connectivity index (χ3v) is 5.41. The molecule has 2 amide bonds. The summed E-state index contributed by atoms with van der Waals surface area (Å²) in [5.41, 5.74) is 3.62. The van der Waals surface area contributed by atoms with E-state index in [1.807, 2.05) is 30.3 Å². The van der Waals surface area contributed by atoms with E-state index in [0.29, 0.717) is 18.8 Å². The number of aryl methyl sites for hydroxylation is 2. The molecule has 0 bridgehead atoms. The van der Waals surface area contributed by atoms with Gasteiger partial charge in [0.2, 0.25) is 11.8 Å². The number of benzene rings is 1. The van der Waals surface area contributed by atoms with E-state index in [1.165, 1.54) is 0 Å². The molecule has 1 aliphatic heterocycles. The summed E-state index contributed by atoms with van der Waals surface area (Å²) in [6, 6.07) is 9.58. The molecule has 2 aromatic heterocycles. The minimum Gasteiger partial charge on any atom is -0.337 e. The lowest BCUT2D eigenvalue weighted by Crippen LogP contribution is -2.28. The fourth-order valence-corrected chi connectivity index (χ4v) is 3.94. The maximum Gasteiger partial charge on any atom is 0.229 e. The molecule has 4 rings (SSSR count). The van der Waals surface area contributed by atoms with E-state index in [9.17, 15) is 9.59 Å². The van der Waals surface area contributed by atoms with Gasteiger partial charge in [0.25, 0.3) is 0 Å². The Kier molecular flexibility index (Phi) is 5.29. The van der Waals surface area contributed by atoms with Gasteiger partial charge in [-0.3, -0.25) is 14.6 Å². The van der Waals surface area contributed by atoms with Crippen molar-refractivity contribution in [2.45, 2.75) is 39.8 Å². The smallest absolute Gasteiger partial charge is 0.229 e. The molecule has 1 atom stereocenters. The molecule has 1 N–H and O–H groups in total. The number of carbonyl (C=O) groups is 2. The number of imidazole rings is 1. The van der Waals surface area contributed by atoms with Crippen molar-refractivity contribution in [2.24, 2.45) is 5.92 Å². The van der Waals surface area contributed by atoms with Gasteiger partial charge in [-0.25, -0.2) is 4.98 Å². The van der Waals surface area contributed by atoms with Crippen molar-refractivity contribution in [3.63, 3.8) is 0 Å². The Labute approximate surface area is 169 Å². The van der Waals surface area contributed by atoms with Gasteiger partial charge in [0.1, 0.15) is 5.82 Å². The summed E-state index contributed by atoms with van der Waals surface area (Å²) in [6.45, 7) is 5.96. The van der Waals surface area contributed by atoms with Crippen molar-refractivity contribution in [3.8, 4) is 0 Å². The number of aromatic nitrogens is 3. The number of amides is 2. The summed E-state index contributed by atoms with van der Waals surface area (Å²) < 4.78 is 2.19. The first-order valence-electron chi connectivity index (χ1n) is 10.1. The number of hydrogen-bond acceptors (Lipinski definition) is 4. The lowest BCUT2D eigenvalue weighted by molar-refractivity contribution is -0.128. The topological polar surface area (TPSA) is 80.1 Å². The van der Waals surface area contributed by atoms with E-state index in [-0.39, 0.29) is 24.2 Å². The summed E-state index contributed by atoms with van der Waals surface area (Å²) in [5, 5.41) is 2.97. The van der Waals surface area contributed by atoms with Crippen molar-refractivity contribution < 1.29 is 9.59 Å². The normalized spacial score (nSPS) is 16.6. The third kappa shape index (κ3) is 3.85. The van der Waals surface area contributed by atoms with Crippen LogP contribution >= 0.6 is 0 Å². The molecule has 1 aromatic carbocycles. The number of hydrogen-bond donors (Lipinski definition) is 1. The molecule has 0 radical (unpaired) electrons. The van der Waals surface area contributed by atoms with E-state index in [2.05, 4.69) is 33.7 Å². The van der Waals surface area contributed by atoms with Crippen molar-refractivity contribution in [2.75, 3.05) is 11.9 Å². The summed E-state index contributed by atoms with van der Waals surface area (Å²) >= 11 is 0. The fourth-order valence-electron chi connectivity index (χ4n) is 3.94. The summed E-state index contributed by atoms with van der Waals surface area (Å²) in [6.07, 6.45) is 4.55. The molecule has 1 aliphatic rings. The monoisotopic (exact) mass is 391 g/mol. The average Bonchev–Trinajstić information content (AvgIpc) is 3.28. The fraction of sp³-hybridized carbons (Fsp3) is 0.364. The van der Waals surface area contributed by atoms with E-state index in [0.717, 1.165) is 35.4 Å². The van der Waals surface area contributed by atoms with Gasteiger partial charge in [0.05, 0.1) is 17.0 Å². The number of anilines is 1. The highest BCUT2D eigenvalue weighted by atomic mass is 16.2. The molecule has 1 unspecified atom stereocenters. The Morgan fingerprint density at radius 2 is 2.14 bits per heavy atom. The molecule has 7 nitrogen and oxygen atoms in total. The molecule has 0 saturated carbocycles. The molecule has 0 spiro atoms. The van der Waals surface area contributed by atoms with Crippen LogP contribution in [0.2, 0.25) is 0 Å². The summed E-state index contributed by atoms with van der Waals surface area (Å²) in [4.78, 5) is 35.6. The van der Waals surface area contributed by atoms with Gasteiger partial charge >= 0.3 is 0 Å². The zero-order valence-corrected chi connectivity index (χ0v) is 16.8. The van der Waals surface area contributed by atoms with Crippen molar-refractivity contribution >= 4 is 28.5 Å². The van der Waals surface area contributed by atoms with E-state index in [4.69, 9.17) is 0 Å². The number of fused-ring (bicyclic) bond motifs is 1. The molecule has 0 aliphatic carbocycles. The van der Waals surface area contributed by atoms with Crippen LogP contribution in [0, 0.1) is 5.92 Å². The molecule has 1 fully saturated rings. The molecule has 3 aromatic rings. The second-order valence-corrected chi connectivity index (χ2v) is 7.36. The quantitative estimate of drug-likeness (QED) is 0.700. The van der Waals surface area contributed by atoms with Crippen LogP contribution in [0.25, 0.3) is 11.0 Å². The van der Waals surface area contributed by atoms with Gasteiger partial charge in [-0.15, -0.1) is 0 Å². The number of likely N-dealkylation sites (tertiary alicyclic amines) is 1. The van der Waals surface area contributed by atoms with Gasteiger partial charge in [-0.1, -0.05) is 13.0 Å². The van der Waals surface area contributed by atoms with Crippen LogP contribution in [-0.4, -0.2) is 37.8 Å². The van der Waals surface area contributed by atoms with Gasteiger partial charge in [0, 0.05) is 50.6 Å². The van der Waals surface area contributed by atoms with Gasteiger partial charge in [0.15, 0.2) is 0 Å². The number of carbonyl (C=O) groups excluding carboxylic acids is 2. The second kappa shape index (κ2) is 8.03. The lowest BCUT2D eigenvalue weighted by atomic mass is 10.1. The standard InChI is InChI=1S/C22H25N5O2/c1-3-20-25-18-11-17(7-8-19(18)27(20)4-2)24-22(29)16-10-21(28)26(14-16)13-15-6-5-9-23-12-15/h5-9,11-12,16H,3-4,10,13-14H2,1-2H3,(H,24,29). The molecule has 1 saturated heterocycles. The van der Waals surface area contributed by atoms with E-state index < -0.39 is 0 Å². The largest absolute Gasteiger partial charge is 0.337 e. The first-order valence-corrected chi connectivity index (χ1v) is 10.1. The van der Waals surface area contributed by atoms with Gasteiger partial charge < -0.3 is 14.8 Å². The molecule has 150 valence electrons. The van der Waals surface area contributed by atoms with Crippen LogP contribution in [-0.2, 0) is 29.1 Å². The summed E-state index contributed by atoms with van der Waals surface area (Å²) in [5.74, 6) is 0.559. The molecule has 7 heteroatoms. The van der Waals surface area contributed by atoms with Crippen LogP contribution in [0.5, 0.6) is 0 Å². The highest BCUT2D eigenvalue weighted by Gasteiger charge is 2.34. The predicted octanol–water partition coefficient (Wildman–Crippen LogP) is 3.00. The maximum atomic E-state index is 12.8. The minimum absolute atomic E-state index is 0.00117. The molecule has 29 heavy (non-hydrogen) atoms. The zero-order valence-electron chi connectivity index (χ0n) is 16.8. The van der Waals surface area contributed by atoms with Crippen LogP contribution in [0.4, 0.5) is 5.69 Å². The van der Waals surface area contributed by atoms with Crippen LogP contribution in [0.1, 0.15) is 31.7 Å². The molecule has 3 heterocycles. The number of nitrogens with one attached hydrogen (secondary N) is 1. The number of pyridine rings is 1. The Morgan fingerprint density at radius 3 is 2.86 bits per heavy atom. The Bertz CT molecular complexity index is 1040. The third-order valence-electron chi connectivity index (χ3n) is 5.41. The predicted molar refractivity (Wildman–Crippen MR) is 111 cm³/mol. The first-order chi connectivity index (χ1) is 14.1. The Morgan fingerprint density at radius 1 is 1.28 bits per heavy atom. The number of rotatable bonds is 6. The minimum atomic E-state index is -0.353. The first kappa shape index (κ1) is 19.1. The highest BCUT2D eigenvalue weighted by Crippen LogP contribution is 2.24. The van der Waals surface area contributed by atoms with E-state index in [1.54, 1.807) is 17.3 Å². The Balaban J connectivity index is 1.44. The van der Waals surface area contributed by atoms with E-state index >= 15 is 0 Å². The van der Waals surface area contributed by atoms with Crippen molar-refractivity contribution in [3.05, 3.63) is 54.1 Å². The zero-order chi connectivity index (χ0) is 20.4. The van der Waals surface area contributed by atoms with Gasteiger partial charge in [-0.2, -0.15) is 0 Å². The Hall–Kier alpha value is -3.22. The van der Waals surface area contributed by atoms with Crippen LogP contribution in [0.15, 0.2) is 42.7 Å². The van der Waals surface area contributed by atoms with Crippen molar-refractivity contribution in [1.29, 1.82) is 0 Å². The summed E-state index contributed by atoms with van der Waals surface area (Å²) in [7, 11) is 0. The van der Waals surface area contributed by atoms with Crippen LogP contribution < -0.4 is 5.32 Å². The van der Waals surface area contributed by atoms with Gasteiger partial charge in [-0.05, 0) is 36.8 Å². The number of nitrogens with zero attached hydrogens (tertiary/aromatic N) is 4. The molecular weight excluding hydrogens is 366 g/mol. The average molecular weight is 391 g/mol. The lowest BCUT2D eigenvalue weighted by Gasteiger charge is -2.16. The van der Waals surface area contributed by atoms with Crippen molar-refractivity contribution in [1.82, 2.24) is 19.4 Å².